The van der Waals surface area contributed by atoms with Crippen molar-refractivity contribution in [3.63, 3.8) is 0 Å². The molecule has 17 heavy (non-hydrogen) atoms. The molecule has 0 aliphatic rings. The zero-order valence-electron chi connectivity index (χ0n) is 10.8. The second-order valence-electron chi connectivity index (χ2n) is 4.41. The number of hydrogen-bond acceptors (Lipinski definition) is 3. The second kappa shape index (κ2) is 11.6. The molecule has 1 N–H and O–H groups in total. The standard InChI is InChI=1S/C13H25NO3/c1-2-3-4-5-6-7-8-9-13(12-15)10-11-14(16)17/h3-4,13,15H,2,5-12H2,1H3/b4-3-/t13-/m0/s1. The van der Waals surface area contributed by atoms with Gasteiger partial charge in [0.15, 0.2) is 0 Å². The van der Waals surface area contributed by atoms with Gasteiger partial charge < -0.3 is 5.11 Å². The summed E-state index contributed by atoms with van der Waals surface area (Å²) in [7, 11) is 0. The number of nitrogens with zero attached hydrogens (tertiary/aromatic N) is 1. The normalized spacial score (nSPS) is 13.1. The fraction of sp³-hybridized carbons (Fsp3) is 0.846. The average Bonchev–Trinajstić information content (AvgIpc) is 2.31. The van der Waals surface area contributed by atoms with Crippen molar-refractivity contribution < 1.29 is 10.0 Å². The van der Waals surface area contributed by atoms with E-state index < -0.39 is 0 Å². The lowest BCUT2D eigenvalue weighted by Gasteiger charge is -2.10. The lowest BCUT2D eigenvalue weighted by Crippen LogP contribution is -2.12. The molecule has 0 aromatic rings. The summed E-state index contributed by atoms with van der Waals surface area (Å²) >= 11 is 0. The van der Waals surface area contributed by atoms with Crippen molar-refractivity contribution in [3.05, 3.63) is 22.3 Å². The smallest absolute Gasteiger partial charge is 0.204 e. The number of aliphatic hydroxyl groups is 1. The molecule has 0 spiro atoms. The Bertz CT molecular complexity index is 217. The zero-order chi connectivity index (χ0) is 12.9. The first-order valence-corrected chi connectivity index (χ1v) is 6.58. The third-order valence-corrected chi connectivity index (χ3v) is 2.86. The highest BCUT2D eigenvalue weighted by molar-refractivity contribution is 4.79. The first-order valence-electron chi connectivity index (χ1n) is 6.58. The van der Waals surface area contributed by atoms with Crippen LogP contribution in [0.1, 0.15) is 51.9 Å². The molecule has 0 amide bonds. The Morgan fingerprint density at radius 3 is 2.59 bits per heavy atom. The number of hydrogen-bond donors (Lipinski definition) is 1. The van der Waals surface area contributed by atoms with Gasteiger partial charge in [-0.2, -0.15) is 0 Å². The Morgan fingerprint density at radius 1 is 1.24 bits per heavy atom. The van der Waals surface area contributed by atoms with E-state index in [2.05, 4.69) is 19.1 Å². The molecule has 0 saturated heterocycles. The van der Waals surface area contributed by atoms with Crippen LogP contribution < -0.4 is 0 Å². The minimum Gasteiger partial charge on any atom is -0.396 e. The van der Waals surface area contributed by atoms with Crippen LogP contribution >= 0.6 is 0 Å². The highest BCUT2D eigenvalue weighted by atomic mass is 16.6. The molecule has 4 nitrogen and oxygen atoms in total. The molecule has 0 bridgehead atoms. The first-order chi connectivity index (χ1) is 8.20. The van der Waals surface area contributed by atoms with Gasteiger partial charge in [0, 0.05) is 18.0 Å². The van der Waals surface area contributed by atoms with Gasteiger partial charge in [-0.25, -0.2) is 0 Å². The third-order valence-electron chi connectivity index (χ3n) is 2.86. The predicted molar refractivity (Wildman–Crippen MR) is 69.6 cm³/mol. The maximum absolute atomic E-state index is 10.2. The molecule has 0 heterocycles. The van der Waals surface area contributed by atoms with Gasteiger partial charge in [0.25, 0.3) is 0 Å². The van der Waals surface area contributed by atoms with Gasteiger partial charge in [0.1, 0.15) is 0 Å². The van der Waals surface area contributed by atoms with Gasteiger partial charge in [0.05, 0.1) is 0 Å². The van der Waals surface area contributed by atoms with E-state index in [0.717, 1.165) is 32.1 Å². The lowest BCUT2D eigenvalue weighted by molar-refractivity contribution is -0.481. The summed E-state index contributed by atoms with van der Waals surface area (Å²) in [6.07, 6.45) is 11.4. The Labute approximate surface area is 104 Å². The number of allylic oxidation sites excluding steroid dienone is 2. The van der Waals surface area contributed by atoms with Crippen LogP contribution in [0.15, 0.2) is 12.2 Å². The van der Waals surface area contributed by atoms with Crippen LogP contribution in [0.25, 0.3) is 0 Å². The molecule has 4 heteroatoms. The van der Waals surface area contributed by atoms with E-state index in [1.54, 1.807) is 0 Å². The predicted octanol–water partition coefficient (Wildman–Crippen LogP) is 3.18. The van der Waals surface area contributed by atoms with Crippen molar-refractivity contribution in [2.75, 3.05) is 13.2 Å². The minimum absolute atomic E-state index is 0.0233. The Kier molecular flexibility index (Phi) is 11.0. The van der Waals surface area contributed by atoms with Crippen molar-refractivity contribution in [1.82, 2.24) is 0 Å². The molecule has 0 aromatic heterocycles. The molecule has 0 radical (unpaired) electrons. The van der Waals surface area contributed by atoms with Gasteiger partial charge in [-0.1, -0.05) is 31.9 Å². The number of nitro groups is 1. The maximum atomic E-state index is 10.2. The average molecular weight is 243 g/mol. The summed E-state index contributed by atoms with van der Waals surface area (Å²) < 4.78 is 0. The van der Waals surface area contributed by atoms with Crippen LogP contribution in [-0.2, 0) is 0 Å². The fourth-order valence-electron chi connectivity index (χ4n) is 1.77. The Balaban J connectivity index is 3.43. The molecule has 0 aromatic carbocycles. The number of rotatable bonds is 11. The van der Waals surface area contributed by atoms with E-state index in [1.807, 2.05) is 0 Å². The van der Waals surface area contributed by atoms with Crippen LogP contribution in [0.4, 0.5) is 0 Å². The molecule has 100 valence electrons. The summed E-state index contributed by atoms with van der Waals surface area (Å²) in [6, 6.07) is 0. The SMILES string of the molecule is CC/C=C\CCCCC[C@H](CO)CC[N+](=O)[O-]. The molecule has 0 saturated carbocycles. The number of aliphatic hydroxyl groups excluding tert-OH is 1. The van der Waals surface area contributed by atoms with E-state index >= 15 is 0 Å². The van der Waals surface area contributed by atoms with E-state index in [0.29, 0.717) is 6.42 Å². The lowest BCUT2D eigenvalue weighted by atomic mass is 9.98. The molecule has 0 aliphatic carbocycles. The molecule has 0 rings (SSSR count). The molecule has 0 unspecified atom stereocenters. The highest BCUT2D eigenvalue weighted by Crippen LogP contribution is 2.14. The monoisotopic (exact) mass is 243 g/mol. The van der Waals surface area contributed by atoms with Crippen LogP contribution in [0, 0.1) is 16.0 Å². The zero-order valence-corrected chi connectivity index (χ0v) is 10.8. The van der Waals surface area contributed by atoms with Crippen LogP contribution in [0.3, 0.4) is 0 Å². The first kappa shape index (κ1) is 16.1. The van der Waals surface area contributed by atoms with Crippen molar-refractivity contribution in [1.29, 1.82) is 0 Å². The van der Waals surface area contributed by atoms with Gasteiger partial charge in [-0.05, 0) is 31.6 Å². The molecular formula is C13H25NO3. The van der Waals surface area contributed by atoms with Crippen LogP contribution in [0.2, 0.25) is 0 Å². The van der Waals surface area contributed by atoms with Crippen molar-refractivity contribution in [2.24, 2.45) is 5.92 Å². The van der Waals surface area contributed by atoms with Crippen LogP contribution in [0.5, 0.6) is 0 Å². The number of unbranched alkanes of at least 4 members (excludes halogenated alkanes) is 3. The summed E-state index contributed by atoms with van der Waals surface area (Å²) in [6.45, 7) is 2.17. The van der Waals surface area contributed by atoms with E-state index in [1.165, 1.54) is 6.42 Å². The fourth-order valence-corrected chi connectivity index (χ4v) is 1.77. The maximum Gasteiger partial charge on any atom is 0.204 e. The van der Waals surface area contributed by atoms with Gasteiger partial charge >= 0.3 is 0 Å². The summed E-state index contributed by atoms with van der Waals surface area (Å²) in [5.41, 5.74) is 0. The van der Waals surface area contributed by atoms with Crippen molar-refractivity contribution >= 4 is 0 Å². The van der Waals surface area contributed by atoms with E-state index in [4.69, 9.17) is 5.11 Å². The topological polar surface area (TPSA) is 63.4 Å². The van der Waals surface area contributed by atoms with E-state index in [9.17, 15) is 10.1 Å². The van der Waals surface area contributed by atoms with Gasteiger partial charge in [-0.3, -0.25) is 10.1 Å². The Hall–Kier alpha value is -0.900. The largest absolute Gasteiger partial charge is 0.396 e. The van der Waals surface area contributed by atoms with Crippen molar-refractivity contribution in [2.45, 2.75) is 51.9 Å². The van der Waals surface area contributed by atoms with E-state index in [-0.39, 0.29) is 24.0 Å². The summed E-state index contributed by atoms with van der Waals surface area (Å²) in [4.78, 5) is 9.91. The molecule has 0 fully saturated rings. The van der Waals surface area contributed by atoms with Gasteiger partial charge in [-0.15, -0.1) is 0 Å². The van der Waals surface area contributed by atoms with Gasteiger partial charge in [0.2, 0.25) is 6.54 Å². The minimum atomic E-state index is -0.307. The Morgan fingerprint density at radius 2 is 2.00 bits per heavy atom. The van der Waals surface area contributed by atoms with Crippen molar-refractivity contribution in [3.8, 4) is 0 Å². The second-order valence-corrected chi connectivity index (χ2v) is 4.41. The highest BCUT2D eigenvalue weighted by Gasteiger charge is 2.10. The quantitative estimate of drug-likeness (QED) is 0.262. The molecule has 1 atom stereocenters. The summed E-state index contributed by atoms with van der Waals surface area (Å²) in [5, 5.41) is 19.3. The molecular weight excluding hydrogens is 218 g/mol. The summed E-state index contributed by atoms with van der Waals surface area (Å²) in [5.74, 6) is 0.103. The third kappa shape index (κ3) is 11.4. The van der Waals surface area contributed by atoms with Crippen LogP contribution in [-0.4, -0.2) is 23.2 Å². The molecule has 0 aliphatic heterocycles.